The maximum Gasteiger partial charge on any atom is 0.327 e. The number of nitrogens with one attached hydrogen (secondary N) is 1. The predicted molar refractivity (Wildman–Crippen MR) is 118 cm³/mol. The second-order valence-electron chi connectivity index (χ2n) is 8.97. The van der Waals surface area contributed by atoms with Crippen LogP contribution in [0.3, 0.4) is 0 Å². The van der Waals surface area contributed by atoms with E-state index in [1.54, 1.807) is 9.80 Å². The van der Waals surface area contributed by atoms with Crippen molar-refractivity contribution in [2.24, 2.45) is 0 Å². The van der Waals surface area contributed by atoms with Crippen molar-refractivity contribution >= 4 is 22.5 Å². The van der Waals surface area contributed by atoms with Gasteiger partial charge in [0.1, 0.15) is 11.2 Å². The van der Waals surface area contributed by atoms with E-state index < -0.39 is 0 Å². The quantitative estimate of drug-likeness (QED) is 0.485. The maximum atomic E-state index is 12.6. The van der Waals surface area contributed by atoms with Gasteiger partial charge in [-0.05, 0) is 13.0 Å². The minimum atomic E-state index is -0.0515. The minimum Gasteiger partial charge on any atom is -0.324 e. The van der Waals surface area contributed by atoms with E-state index in [1.165, 1.54) is 62.7 Å². The van der Waals surface area contributed by atoms with Crippen molar-refractivity contribution in [1.29, 1.82) is 0 Å². The molecule has 0 saturated carbocycles. The highest BCUT2D eigenvalue weighted by Gasteiger charge is 2.38. The number of aromatic nitrogens is 2. The van der Waals surface area contributed by atoms with Gasteiger partial charge >= 0.3 is 6.03 Å². The molecule has 2 rings (SSSR count). The average molecular weight is 410 g/mol. The third kappa shape index (κ3) is 6.69. The van der Waals surface area contributed by atoms with Gasteiger partial charge in [0.05, 0.1) is 6.54 Å². The molecular weight excluding hydrogens is 370 g/mol. The second kappa shape index (κ2) is 11.1. The third-order valence-electron chi connectivity index (χ3n) is 5.21. The number of urea groups is 1. The third-order valence-corrected chi connectivity index (χ3v) is 6.56. The molecule has 0 aliphatic carbocycles. The van der Waals surface area contributed by atoms with Gasteiger partial charge in [0, 0.05) is 12.5 Å². The Balaban J connectivity index is 1.74. The van der Waals surface area contributed by atoms with Gasteiger partial charge in [0.15, 0.2) is 0 Å². The smallest absolute Gasteiger partial charge is 0.324 e. The van der Waals surface area contributed by atoms with Crippen LogP contribution < -0.4 is 10.2 Å². The summed E-state index contributed by atoms with van der Waals surface area (Å²) in [5.41, 5.74) is -0.0515. The molecule has 0 aromatic carbocycles. The van der Waals surface area contributed by atoms with Gasteiger partial charge in [-0.2, -0.15) is 0 Å². The molecule has 0 radical (unpaired) electrons. The Hall–Kier alpha value is -1.21. The van der Waals surface area contributed by atoms with E-state index in [9.17, 15) is 4.79 Å². The molecule has 160 valence electrons. The fourth-order valence-electron chi connectivity index (χ4n) is 3.43. The Morgan fingerprint density at radius 2 is 1.64 bits per heavy atom. The first kappa shape index (κ1) is 23.1. The summed E-state index contributed by atoms with van der Waals surface area (Å²) in [5.74, 6) is 0. The van der Waals surface area contributed by atoms with Crippen molar-refractivity contribution in [3.8, 4) is 0 Å². The maximum absolute atomic E-state index is 12.6. The molecule has 0 spiro atoms. The molecular formula is C21H39N5OS. The van der Waals surface area contributed by atoms with Gasteiger partial charge in [-0.3, -0.25) is 10.2 Å². The van der Waals surface area contributed by atoms with Gasteiger partial charge < -0.3 is 4.90 Å². The largest absolute Gasteiger partial charge is 0.327 e. The van der Waals surface area contributed by atoms with E-state index in [4.69, 9.17) is 0 Å². The van der Waals surface area contributed by atoms with Gasteiger partial charge in [-0.1, -0.05) is 90.4 Å². The lowest BCUT2D eigenvalue weighted by Gasteiger charge is -2.21. The Kier molecular flexibility index (Phi) is 9.15. The average Bonchev–Trinajstić information content (AvgIpc) is 3.22. The van der Waals surface area contributed by atoms with Crippen molar-refractivity contribution in [3.63, 3.8) is 0 Å². The molecule has 1 aliphatic heterocycles. The number of rotatable bonds is 12. The molecule has 1 aliphatic rings. The van der Waals surface area contributed by atoms with Crippen molar-refractivity contribution in [2.75, 3.05) is 25.0 Å². The Labute approximate surface area is 175 Å². The van der Waals surface area contributed by atoms with Crippen molar-refractivity contribution in [2.45, 2.75) is 97.1 Å². The zero-order valence-electron chi connectivity index (χ0n) is 18.5. The molecule has 1 aromatic rings. The summed E-state index contributed by atoms with van der Waals surface area (Å²) in [5, 5.41) is 13.8. The molecule has 2 amide bonds. The molecule has 28 heavy (non-hydrogen) atoms. The SMILES string of the molecule is CCCCCCCCCCCNC1CN(C)C(=O)N1c1nnc(C(C)(C)C)s1. The van der Waals surface area contributed by atoms with E-state index in [-0.39, 0.29) is 17.6 Å². The zero-order chi connectivity index (χ0) is 20.6. The second-order valence-corrected chi connectivity index (χ2v) is 9.93. The van der Waals surface area contributed by atoms with Gasteiger partial charge in [-0.25, -0.2) is 4.79 Å². The highest BCUT2D eigenvalue weighted by Crippen LogP contribution is 2.32. The summed E-state index contributed by atoms with van der Waals surface area (Å²) in [6.45, 7) is 10.2. The van der Waals surface area contributed by atoms with E-state index in [0.29, 0.717) is 11.7 Å². The van der Waals surface area contributed by atoms with Crippen LogP contribution in [0.2, 0.25) is 0 Å². The zero-order valence-corrected chi connectivity index (χ0v) is 19.3. The number of carbonyl (C=O) groups is 1. The fraction of sp³-hybridized carbons (Fsp3) is 0.857. The van der Waals surface area contributed by atoms with Crippen LogP contribution in [-0.2, 0) is 5.41 Å². The molecule has 1 aromatic heterocycles. The van der Waals surface area contributed by atoms with Crippen LogP contribution in [0.4, 0.5) is 9.93 Å². The van der Waals surface area contributed by atoms with Gasteiger partial charge in [-0.15, -0.1) is 10.2 Å². The summed E-state index contributed by atoms with van der Waals surface area (Å²) in [7, 11) is 1.85. The lowest BCUT2D eigenvalue weighted by atomic mass is 9.98. The van der Waals surface area contributed by atoms with Crippen LogP contribution in [-0.4, -0.2) is 47.4 Å². The summed E-state index contributed by atoms with van der Waals surface area (Å²) in [6, 6.07) is 0.00110. The van der Waals surface area contributed by atoms with E-state index >= 15 is 0 Å². The number of carbonyl (C=O) groups excluding carboxylic acids is 1. The Morgan fingerprint density at radius 1 is 1.04 bits per heavy atom. The highest BCUT2D eigenvalue weighted by molar-refractivity contribution is 7.15. The van der Waals surface area contributed by atoms with Crippen molar-refractivity contribution in [3.05, 3.63) is 5.01 Å². The first-order valence-corrected chi connectivity index (χ1v) is 11.8. The normalized spacial score (nSPS) is 17.8. The molecule has 1 fully saturated rings. The number of likely N-dealkylation sites (N-methyl/N-ethyl adjacent to an activating group) is 1. The molecule has 1 saturated heterocycles. The minimum absolute atomic E-state index is 0.00110. The predicted octanol–water partition coefficient (Wildman–Crippen LogP) is 5.15. The van der Waals surface area contributed by atoms with Crippen LogP contribution in [0, 0.1) is 0 Å². The van der Waals surface area contributed by atoms with Crippen LogP contribution >= 0.6 is 11.3 Å². The van der Waals surface area contributed by atoms with E-state index in [2.05, 4.69) is 43.2 Å². The number of hydrogen-bond donors (Lipinski definition) is 1. The summed E-state index contributed by atoms with van der Waals surface area (Å²) < 4.78 is 0. The summed E-state index contributed by atoms with van der Waals surface area (Å²) in [4.78, 5) is 16.1. The lowest BCUT2D eigenvalue weighted by Crippen LogP contribution is -2.44. The standard InChI is InChI=1S/C21H39N5OS/c1-6-7-8-9-10-11-12-13-14-15-22-17-16-25(5)20(27)26(17)19-24-23-18(28-19)21(2,3)4/h17,22H,6-16H2,1-5H3. The molecule has 1 atom stereocenters. The van der Waals surface area contributed by atoms with E-state index in [0.717, 1.165) is 18.0 Å². The van der Waals surface area contributed by atoms with Crippen LogP contribution in [0.25, 0.3) is 0 Å². The number of unbranched alkanes of at least 4 members (excludes halogenated alkanes) is 8. The summed E-state index contributed by atoms with van der Waals surface area (Å²) >= 11 is 1.52. The topological polar surface area (TPSA) is 61.4 Å². The Bertz CT molecular complexity index is 598. The number of anilines is 1. The number of amides is 2. The fourth-order valence-corrected chi connectivity index (χ4v) is 4.37. The first-order chi connectivity index (χ1) is 13.3. The van der Waals surface area contributed by atoms with E-state index in [1.807, 2.05) is 7.05 Å². The number of nitrogens with zero attached hydrogens (tertiary/aromatic N) is 4. The van der Waals surface area contributed by atoms with Gasteiger partial charge in [0.25, 0.3) is 0 Å². The molecule has 6 nitrogen and oxygen atoms in total. The molecule has 2 heterocycles. The first-order valence-electron chi connectivity index (χ1n) is 11.0. The molecule has 1 N–H and O–H groups in total. The lowest BCUT2D eigenvalue weighted by molar-refractivity contribution is 0.229. The highest BCUT2D eigenvalue weighted by atomic mass is 32.1. The van der Waals surface area contributed by atoms with Crippen LogP contribution in [0.1, 0.15) is 90.5 Å². The summed E-state index contributed by atoms with van der Waals surface area (Å²) in [6.07, 6.45) is 11.9. The van der Waals surface area contributed by atoms with Crippen LogP contribution in [0.15, 0.2) is 0 Å². The molecule has 1 unspecified atom stereocenters. The van der Waals surface area contributed by atoms with Crippen molar-refractivity contribution in [1.82, 2.24) is 20.4 Å². The Morgan fingerprint density at radius 3 is 2.21 bits per heavy atom. The monoisotopic (exact) mass is 409 g/mol. The van der Waals surface area contributed by atoms with Gasteiger partial charge in [0.2, 0.25) is 5.13 Å². The molecule has 0 bridgehead atoms. The number of hydrogen-bond acceptors (Lipinski definition) is 5. The molecule has 7 heteroatoms. The van der Waals surface area contributed by atoms with Crippen molar-refractivity contribution < 1.29 is 4.79 Å². The van der Waals surface area contributed by atoms with Crippen LogP contribution in [0.5, 0.6) is 0 Å².